The molecule has 0 unspecified atom stereocenters. The minimum Gasteiger partial charge on any atom is -0.497 e. The first-order chi connectivity index (χ1) is 13.0. The van der Waals surface area contributed by atoms with Crippen LogP contribution in [-0.4, -0.2) is 29.3 Å². The molecule has 0 aliphatic rings. The highest BCUT2D eigenvalue weighted by molar-refractivity contribution is 5.80. The Morgan fingerprint density at radius 1 is 1.19 bits per heavy atom. The molecule has 0 saturated heterocycles. The number of carbonyl (C=O) groups excluding carboxylic acids is 1. The molecular formula is C20H21N3O4. The number of aromatic nitrogens is 2. The smallest absolute Gasteiger partial charge is 0.261 e. The summed E-state index contributed by atoms with van der Waals surface area (Å²) < 4.78 is 15.9. The number of amides is 1. The highest BCUT2D eigenvalue weighted by Gasteiger charge is 2.16. The predicted octanol–water partition coefficient (Wildman–Crippen LogP) is 3.14. The molecular weight excluding hydrogens is 346 g/mol. The molecule has 1 N–H and O–H groups in total. The number of nitrogens with one attached hydrogen (secondary N) is 1. The van der Waals surface area contributed by atoms with E-state index < -0.39 is 6.10 Å². The third-order valence-corrected chi connectivity index (χ3v) is 3.90. The third-order valence-electron chi connectivity index (χ3n) is 3.90. The summed E-state index contributed by atoms with van der Waals surface area (Å²) in [5.41, 5.74) is 1.98. The Bertz CT molecular complexity index is 906. The zero-order valence-electron chi connectivity index (χ0n) is 15.4. The van der Waals surface area contributed by atoms with E-state index in [1.165, 1.54) is 0 Å². The van der Waals surface area contributed by atoms with Gasteiger partial charge in [-0.05, 0) is 44.2 Å². The van der Waals surface area contributed by atoms with E-state index in [2.05, 4.69) is 15.5 Å². The molecule has 1 amide bonds. The Hall–Kier alpha value is -3.35. The maximum atomic E-state index is 12.2. The van der Waals surface area contributed by atoms with Crippen LogP contribution in [-0.2, 0) is 11.3 Å². The van der Waals surface area contributed by atoms with Gasteiger partial charge in [0.05, 0.1) is 13.7 Å². The van der Waals surface area contributed by atoms with Crippen LogP contribution >= 0.6 is 0 Å². The number of rotatable bonds is 7. The molecule has 1 aromatic heterocycles. The van der Waals surface area contributed by atoms with Gasteiger partial charge in [0, 0.05) is 5.56 Å². The molecule has 7 nitrogen and oxygen atoms in total. The van der Waals surface area contributed by atoms with E-state index in [0.29, 0.717) is 17.5 Å². The maximum absolute atomic E-state index is 12.2. The lowest BCUT2D eigenvalue weighted by Gasteiger charge is -2.14. The second kappa shape index (κ2) is 8.35. The van der Waals surface area contributed by atoms with Gasteiger partial charge in [0.25, 0.3) is 5.91 Å². The number of carbonyl (C=O) groups is 1. The van der Waals surface area contributed by atoms with Crippen LogP contribution in [0.5, 0.6) is 11.5 Å². The summed E-state index contributed by atoms with van der Waals surface area (Å²) in [6.07, 6.45) is -0.669. The number of nitrogens with zero attached hydrogens (tertiary/aromatic N) is 2. The lowest BCUT2D eigenvalue weighted by molar-refractivity contribution is -0.127. The summed E-state index contributed by atoms with van der Waals surface area (Å²) in [5, 5.41) is 6.69. The largest absolute Gasteiger partial charge is 0.497 e. The molecule has 0 saturated carbocycles. The minimum atomic E-state index is -0.669. The Morgan fingerprint density at radius 3 is 2.63 bits per heavy atom. The van der Waals surface area contributed by atoms with Crippen molar-refractivity contribution in [3.8, 4) is 22.9 Å². The summed E-state index contributed by atoms with van der Waals surface area (Å²) in [7, 11) is 1.59. The van der Waals surface area contributed by atoms with Gasteiger partial charge in [-0.3, -0.25) is 4.79 Å². The monoisotopic (exact) mass is 367 g/mol. The molecule has 1 atom stereocenters. The maximum Gasteiger partial charge on any atom is 0.261 e. The van der Waals surface area contributed by atoms with Crippen LogP contribution < -0.4 is 14.8 Å². The van der Waals surface area contributed by atoms with Crippen LogP contribution in [0.3, 0.4) is 0 Å². The standard InChI is InChI=1S/C20H21N3O4/c1-13-5-4-6-15(11-13)19-22-18(27-23-19)12-21-20(24)14(2)26-17-9-7-16(25-3)8-10-17/h4-11,14H,12H2,1-3H3,(H,21,24)/t14-/m1/s1. The molecule has 0 fully saturated rings. The molecule has 3 aromatic rings. The molecule has 2 aromatic carbocycles. The molecule has 3 rings (SSSR count). The van der Waals surface area contributed by atoms with Crippen molar-refractivity contribution in [2.75, 3.05) is 7.11 Å². The quantitative estimate of drug-likeness (QED) is 0.690. The zero-order valence-corrected chi connectivity index (χ0v) is 15.4. The average molecular weight is 367 g/mol. The molecule has 0 bridgehead atoms. The van der Waals surface area contributed by atoms with Gasteiger partial charge in [0.2, 0.25) is 11.7 Å². The van der Waals surface area contributed by atoms with Crippen molar-refractivity contribution in [2.24, 2.45) is 0 Å². The Kier molecular flexibility index (Phi) is 5.71. The molecule has 7 heteroatoms. The van der Waals surface area contributed by atoms with Crippen LogP contribution in [0.2, 0.25) is 0 Å². The van der Waals surface area contributed by atoms with Gasteiger partial charge in [-0.25, -0.2) is 0 Å². The highest BCUT2D eigenvalue weighted by Crippen LogP contribution is 2.19. The van der Waals surface area contributed by atoms with Gasteiger partial charge >= 0.3 is 0 Å². The summed E-state index contributed by atoms with van der Waals surface area (Å²) >= 11 is 0. The van der Waals surface area contributed by atoms with Crippen LogP contribution in [0.25, 0.3) is 11.4 Å². The Morgan fingerprint density at radius 2 is 1.93 bits per heavy atom. The number of methoxy groups -OCH3 is 1. The van der Waals surface area contributed by atoms with Crippen LogP contribution in [0.4, 0.5) is 0 Å². The fourth-order valence-corrected chi connectivity index (χ4v) is 2.45. The fraction of sp³-hybridized carbons (Fsp3) is 0.250. The normalized spacial score (nSPS) is 11.7. The molecule has 27 heavy (non-hydrogen) atoms. The van der Waals surface area contributed by atoms with Gasteiger partial charge in [0.1, 0.15) is 11.5 Å². The van der Waals surface area contributed by atoms with Crippen LogP contribution in [0, 0.1) is 6.92 Å². The van der Waals surface area contributed by atoms with Crippen LogP contribution in [0.1, 0.15) is 18.4 Å². The number of aryl methyl sites for hydroxylation is 1. The third kappa shape index (κ3) is 4.84. The first kappa shape index (κ1) is 18.4. The second-order valence-electron chi connectivity index (χ2n) is 6.03. The van der Waals surface area contributed by atoms with Crippen molar-refractivity contribution in [3.05, 3.63) is 60.0 Å². The van der Waals surface area contributed by atoms with Crippen molar-refractivity contribution in [2.45, 2.75) is 26.5 Å². The van der Waals surface area contributed by atoms with Gasteiger partial charge < -0.3 is 19.3 Å². The van der Waals surface area contributed by atoms with Gasteiger partial charge in [-0.1, -0.05) is 28.9 Å². The molecule has 0 spiro atoms. The summed E-state index contributed by atoms with van der Waals surface area (Å²) in [5.74, 6) is 1.85. The van der Waals surface area contributed by atoms with Crippen LogP contribution in [0.15, 0.2) is 53.1 Å². The fourth-order valence-electron chi connectivity index (χ4n) is 2.45. The van der Waals surface area contributed by atoms with Gasteiger partial charge in [-0.15, -0.1) is 0 Å². The Balaban J connectivity index is 1.54. The first-order valence-electron chi connectivity index (χ1n) is 8.53. The topological polar surface area (TPSA) is 86.5 Å². The van der Waals surface area contributed by atoms with Gasteiger partial charge in [0.15, 0.2) is 6.10 Å². The first-order valence-corrected chi connectivity index (χ1v) is 8.53. The average Bonchev–Trinajstić information content (AvgIpc) is 3.16. The zero-order chi connectivity index (χ0) is 19.2. The van der Waals surface area contributed by atoms with E-state index in [1.807, 2.05) is 31.2 Å². The minimum absolute atomic E-state index is 0.133. The van der Waals surface area contributed by atoms with E-state index in [0.717, 1.165) is 16.9 Å². The van der Waals surface area contributed by atoms with Crippen molar-refractivity contribution in [3.63, 3.8) is 0 Å². The van der Waals surface area contributed by atoms with E-state index in [1.54, 1.807) is 38.3 Å². The molecule has 1 heterocycles. The molecule has 140 valence electrons. The summed E-state index contributed by atoms with van der Waals surface area (Å²) in [6.45, 7) is 3.80. The number of hydrogen-bond donors (Lipinski definition) is 1. The Labute approximate surface area is 157 Å². The number of ether oxygens (including phenoxy) is 2. The highest BCUT2D eigenvalue weighted by atomic mass is 16.5. The summed E-state index contributed by atoms with van der Waals surface area (Å²) in [4.78, 5) is 16.5. The SMILES string of the molecule is COc1ccc(O[C@H](C)C(=O)NCc2nc(-c3cccc(C)c3)no2)cc1. The van der Waals surface area contributed by atoms with E-state index in [-0.39, 0.29) is 12.5 Å². The van der Waals surface area contributed by atoms with E-state index >= 15 is 0 Å². The summed E-state index contributed by atoms with van der Waals surface area (Å²) in [6, 6.07) is 14.8. The molecule has 0 radical (unpaired) electrons. The van der Waals surface area contributed by atoms with Gasteiger partial charge in [-0.2, -0.15) is 4.98 Å². The molecule has 0 aliphatic carbocycles. The van der Waals surface area contributed by atoms with E-state index in [9.17, 15) is 4.79 Å². The van der Waals surface area contributed by atoms with Crippen molar-refractivity contribution in [1.82, 2.24) is 15.5 Å². The van der Waals surface area contributed by atoms with Crippen molar-refractivity contribution < 1.29 is 18.8 Å². The molecule has 0 aliphatic heterocycles. The van der Waals surface area contributed by atoms with Crippen molar-refractivity contribution in [1.29, 1.82) is 0 Å². The lowest BCUT2D eigenvalue weighted by Crippen LogP contribution is -2.35. The van der Waals surface area contributed by atoms with Crippen molar-refractivity contribution >= 4 is 5.91 Å². The second-order valence-corrected chi connectivity index (χ2v) is 6.03. The number of benzene rings is 2. The number of hydrogen-bond acceptors (Lipinski definition) is 6. The predicted molar refractivity (Wildman–Crippen MR) is 99.4 cm³/mol. The van der Waals surface area contributed by atoms with E-state index in [4.69, 9.17) is 14.0 Å². The lowest BCUT2D eigenvalue weighted by atomic mass is 10.1.